The van der Waals surface area contributed by atoms with Crippen molar-refractivity contribution >= 4 is 5.82 Å². The van der Waals surface area contributed by atoms with Crippen molar-refractivity contribution in [1.82, 2.24) is 10.3 Å². The van der Waals surface area contributed by atoms with Gasteiger partial charge in [-0.3, -0.25) is 0 Å². The first kappa shape index (κ1) is 12.9. The molecular weight excluding hydrogens is 234 g/mol. The Hall–Kier alpha value is -1.09. The van der Waals surface area contributed by atoms with Gasteiger partial charge in [0, 0.05) is 31.4 Å². The van der Waals surface area contributed by atoms with E-state index in [4.69, 9.17) is 0 Å². The van der Waals surface area contributed by atoms with Crippen molar-refractivity contribution in [3.63, 3.8) is 0 Å². The second-order valence-electron chi connectivity index (χ2n) is 5.93. The van der Waals surface area contributed by atoms with Crippen LogP contribution in [-0.4, -0.2) is 23.6 Å². The molecule has 0 amide bonds. The normalized spacial score (nSPS) is 23.6. The summed E-state index contributed by atoms with van der Waals surface area (Å²) in [6.45, 7) is 4.43. The van der Waals surface area contributed by atoms with Crippen LogP contribution >= 0.6 is 0 Å². The molecule has 0 radical (unpaired) electrons. The molecule has 19 heavy (non-hydrogen) atoms. The summed E-state index contributed by atoms with van der Waals surface area (Å²) < 4.78 is 0. The summed E-state index contributed by atoms with van der Waals surface area (Å²) in [5.74, 6) is 1.17. The summed E-state index contributed by atoms with van der Waals surface area (Å²) in [4.78, 5) is 7.19. The van der Waals surface area contributed by atoms with E-state index in [1.807, 2.05) is 6.20 Å². The average molecular weight is 259 g/mol. The van der Waals surface area contributed by atoms with Crippen molar-refractivity contribution in [3.05, 3.63) is 23.9 Å². The van der Waals surface area contributed by atoms with Gasteiger partial charge in [0.05, 0.1) is 0 Å². The van der Waals surface area contributed by atoms with Crippen molar-refractivity contribution in [2.24, 2.45) is 0 Å². The van der Waals surface area contributed by atoms with Crippen LogP contribution in [0.25, 0.3) is 0 Å². The zero-order chi connectivity index (χ0) is 13.1. The first-order valence-corrected chi connectivity index (χ1v) is 7.82. The second-order valence-corrected chi connectivity index (χ2v) is 5.93. The van der Waals surface area contributed by atoms with Gasteiger partial charge in [-0.2, -0.15) is 0 Å². The molecule has 3 rings (SSSR count). The van der Waals surface area contributed by atoms with E-state index < -0.39 is 0 Å². The van der Waals surface area contributed by atoms with Gasteiger partial charge in [-0.1, -0.05) is 13.0 Å². The van der Waals surface area contributed by atoms with Crippen LogP contribution < -0.4 is 10.2 Å². The molecule has 3 heteroatoms. The van der Waals surface area contributed by atoms with Gasteiger partial charge in [-0.15, -0.1) is 0 Å². The Morgan fingerprint density at radius 3 is 2.84 bits per heavy atom. The molecule has 1 aliphatic heterocycles. The lowest BCUT2D eigenvalue weighted by atomic mass is 10.00. The maximum Gasteiger partial charge on any atom is 0.128 e. The highest BCUT2D eigenvalue weighted by Crippen LogP contribution is 2.25. The Labute approximate surface area is 116 Å². The predicted molar refractivity (Wildman–Crippen MR) is 79.4 cm³/mol. The summed E-state index contributed by atoms with van der Waals surface area (Å²) in [6.07, 6.45) is 9.97. The Morgan fingerprint density at radius 2 is 2.16 bits per heavy atom. The van der Waals surface area contributed by atoms with Crippen LogP contribution in [0.3, 0.4) is 0 Å². The van der Waals surface area contributed by atoms with Crippen LogP contribution in [-0.2, 0) is 6.54 Å². The van der Waals surface area contributed by atoms with E-state index in [0.717, 1.165) is 12.6 Å². The minimum absolute atomic E-state index is 0.691. The number of pyridine rings is 1. The fraction of sp³-hybridized carbons (Fsp3) is 0.688. The van der Waals surface area contributed by atoms with Crippen LogP contribution in [0.15, 0.2) is 18.3 Å². The number of hydrogen-bond acceptors (Lipinski definition) is 3. The molecule has 3 nitrogen and oxygen atoms in total. The topological polar surface area (TPSA) is 28.2 Å². The minimum Gasteiger partial charge on any atom is -0.354 e. The van der Waals surface area contributed by atoms with Crippen LogP contribution in [0.4, 0.5) is 5.82 Å². The Kier molecular flexibility index (Phi) is 4.02. The van der Waals surface area contributed by atoms with Gasteiger partial charge in [0.1, 0.15) is 5.82 Å². The summed E-state index contributed by atoms with van der Waals surface area (Å²) in [5.41, 5.74) is 1.31. The van der Waals surface area contributed by atoms with Crippen molar-refractivity contribution in [3.8, 4) is 0 Å². The van der Waals surface area contributed by atoms with Crippen LogP contribution in [0.5, 0.6) is 0 Å². The number of anilines is 1. The fourth-order valence-corrected chi connectivity index (χ4v) is 2.97. The van der Waals surface area contributed by atoms with Gasteiger partial charge in [-0.05, 0) is 50.2 Å². The molecule has 1 aromatic rings. The zero-order valence-electron chi connectivity index (χ0n) is 11.9. The highest BCUT2D eigenvalue weighted by Gasteiger charge is 2.22. The average Bonchev–Trinajstić information content (AvgIpc) is 3.30. The third kappa shape index (κ3) is 3.27. The van der Waals surface area contributed by atoms with Crippen molar-refractivity contribution in [2.75, 3.05) is 11.4 Å². The molecule has 0 spiro atoms. The molecule has 1 aromatic heterocycles. The van der Waals surface area contributed by atoms with Gasteiger partial charge in [0.2, 0.25) is 0 Å². The number of rotatable bonds is 5. The molecule has 0 bridgehead atoms. The van der Waals surface area contributed by atoms with Gasteiger partial charge in [-0.25, -0.2) is 4.98 Å². The van der Waals surface area contributed by atoms with Crippen molar-refractivity contribution in [2.45, 2.75) is 64.1 Å². The third-order valence-electron chi connectivity index (χ3n) is 4.37. The third-order valence-corrected chi connectivity index (χ3v) is 4.37. The van der Waals surface area contributed by atoms with E-state index >= 15 is 0 Å². The Balaban J connectivity index is 1.62. The van der Waals surface area contributed by atoms with E-state index in [-0.39, 0.29) is 0 Å². The molecule has 2 heterocycles. The molecular formula is C16H25N3. The number of hydrogen-bond donors (Lipinski definition) is 1. The van der Waals surface area contributed by atoms with Crippen molar-refractivity contribution in [1.29, 1.82) is 0 Å². The van der Waals surface area contributed by atoms with Crippen LogP contribution in [0.2, 0.25) is 0 Å². The van der Waals surface area contributed by atoms with E-state index in [1.165, 1.54) is 56.5 Å². The predicted octanol–water partition coefficient (Wildman–Crippen LogP) is 3.10. The molecule has 1 saturated carbocycles. The van der Waals surface area contributed by atoms with Crippen LogP contribution in [0, 0.1) is 0 Å². The lowest BCUT2D eigenvalue weighted by Gasteiger charge is -2.36. The first-order chi connectivity index (χ1) is 9.36. The van der Waals surface area contributed by atoms with Crippen LogP contribution in [0.1, 0.15) is 51.0 Å². The molecule has 1 N–H and O–H groups in total. The zero-order valence-corrected chi connectivity index (χ0v) is 11.9. The molecule has 1 atom stereocenters. The molecule has 1 saturated heterocycles. The number of nitrogens with one attached hydrogen (secondary N) is 1. The van der Waals surface area contributed by atoms with Crippen molar-refractivity contribution < 1.29 is 0 Å². The van der Waals surface area contributed by atoms with E-state index in [2.05, 4.69) is 34.3 Å². The highest BCUT2D eigenvalue weighted by molar-refractivity contribution is 5.41. The van der Waals surface area contributed by atoms with E-state index in [9.17, 15) is 0 Å². The standard InChI is InChI=1S/C16H25N3/c1-2-15-5-3-4-10-19(15)16-9-6-13(12-18-16)11-17-14-7-8-14/h6,9,12,14-15,17H,2-5,7-8,10-11H2,1H3. The molecule has 2 fully saturated rings. The largest absolute Gasteiger partial charge is 0.354 e. The SMILES string of the molecule is CCC1CCCCN1c1ccc(CNC2CC2)cn1. The quantitative estimate of drug-likeness (QED) is 0.880. The monoisotopic (exact) mass is 259 g/mol. The summed E-state index contributed by atoms with van der Waals surface area (Å²) in [7, 11) is 0. The number of nitrogens with zero attached hydrogens (tertiary/aromatic N) is 2. The van der Waals surface area contributed by atoms with Gasteiger partial charge in [0.15, 0.2) is 0 Å². The highest BCUT2D eigenvalue weighted by atomic mass is 15.2. The summed E-state index contributed by atoms with van der Waals surface area (Å²) in [5, 5.41) is 3.54. The van der Waals surface area contributed by atoms with Gasteiger partial charge < -0.3 is 10.2 Å². The molecule has 104 valence electrons. The number of piperidine rings is 1. The van der Waals surface area contributed by atoms with E-state index in [0.29, 0.717) is 6.04 Å². The minimum atomic E-state index is 0.691. The van der Waals surface area contributed by atoms with Gasteiger partial charge in [0.25, 0.3) is 0 Å². The molecule has 2 aliphatic rings. The maximum atomic E-state index is 4.68. The van der Waals surface area contributed by atoms with E-state index in [1.54, 1.807) is 0 Å². The molecule has 1 unspecified atom stereocenters. The van der Waals surface area contributed by atoms with Gasteiger partial charge >= 0.3 is 0 Å². The molecule has 0 aromatic carbocycles. The Morgan fingerprint density at radius 1 is 1.26 bits per heavy atom. The lowest BCUT2D eigenvalue weighted by molar-refractivity contribution is 0.447. The fourth-order valence-electron chi connectivity index (χ4n) is 2.97. The summed E-state index contributed by atoms with van der Waals surface area (Å²) >= 11 is 0. The second kappa shape index (κ2) is 5.91. The smallest absolute Gasteiger partial charge is 0.128 e. The number of aromatic nitrogens is 1. The Bertz CT molecular complexity index is 397. The lowest BCUT2D eigenvalue weighted by Crippen LogP contribution is -2.39. The maximum absolute atomic E-state index is 4.68. The first-order valence-electron chi connectivity index (χ1n) is 7.82. The summed E-state index contributed by atoms with van der Waals surface area (Å²) in [6, 6.07) is 5.90. The molecule has 1 aliphatic carbocycles.